The van der Waals surface area contributed by atoms with Gasteiger partial charge in [0.15, 0.2) is 0 Å². The molecule has 2 heterocycles. The molecule has 0 aliphatic carbocycles. The molecule has 0 aromatic heterocycles. The molecule has 0 saturated carbocycles. The number of nitrogens with zero attached hydrogens (tertiary/aromatic N) is 2. The number of hydrogen-bond acceptors (Lipinski definition) is 4. The molecule has 20 heavy (non-hydrogen) atoms. The van der Waals surface area contributed by atoms with Crippen molar-refractivity contribution in [2.45, 2.75) is 38.6 Å². The van der Waals surface area contributed by atoms with Crippen molar-refractivity contribution in [1.82, 2.24) is 15.1 Å². The third-order valence-corrected chi connectivity index (χ3v) is 4.95. The van der Waals surface area contributed by atoms with Crippen LogP contribution in [0.4, 0.5) is 0 Å². The topological polar surface area (TPSA) is 55.8 Å². The highest BCUT2D eigenvalue weighted by Gasteiger charge is 2.40. The molecule has 0 atom stereocenters. The Hall–Kier alpha value is -0.650. The van der Waals surface area contributed by atoms with E-state index < -0.39 is 0 Å². The van der Waals surface area contributed by atoms with Crippen LogP contribution in [-0.2, 0) is 4.79 Å². The van der Waals surface area contributed by atoms with Crippen molar-refractivity contribution < 1.29 is 9.90 Å². The molecule has 5 nitrogen and oxygen atoms in total. The van der Waals surface area contributed by atoms with Crippen molar-refractivity contribution in [3.8, 4) is 0 Å². The van der Waals surface area contributed by atoms with Gasteiger partial charge in [0.25, 0.3) is 0 Å². The predicted octanol–water partition coefficient (Wildman–Crippen LogP) is 0.291. The van der Waals surface area contributed by atoms with Crippen molar-refractivity contribution in [2.24, 2.45) is 5.41 Å². The number of hydrogen-bond donors (Lipinski definition) is 2. The van der Waals surface area contributed by atoms with Crippen LogP contribution in [0.25, 0.3) is 0 Å². The minimum absolute atomic E-state index is 0.0619. The first-order valence-corrected chi connectivity index (χ1v) is 7.88. The van der Waals surface area contributed by atoms with Crippen molar-refractivity contribution in [2.75, 3.05) is 46.4 Å². The van der Waals surface area contributed by atoms with Crippen molar-refractivity contribution in [1.29, 1.82) is 0 Å². The van der Waals surface area contributed by atoms with E-state index in [1.807, 2.05) is 4.90 Å². The first kappa shape index (κ1) is 15.7. The van der Waals surface area contributed by atoms with Crippen LogP contribution in [0.1, 0.15) is 32.6 Å². The van der Waals surface area contributed by atoms with Gasteiger partial charge < -0.3 is 20.2 Å². The zero-order chi connectivity index (χ0) is 14.6. The van der Waals surface area contributed by atoms with E-state index in [0.717, 1.165) is 51.9 Å². The van der Waals surface area contributed by atoms with Crippen LogP contribution in [0.3, 0.4) is 0 Å². The lowest BCUT2D eigenvalue weighted by molar-refractivity contribution is -0.146. The summed E-state index contributed by atoms with van der Waals surface area (Å²) < 4.78 is 0. The largest absolute Gasteiger partial charge is 0.395 e. The summed E-state index contributed by atoms with van der Waals surface area (Å²) >= 11 is 0. The molecule has 0 aromatic carbocycles. The summed E-state index contributed by atoms with van der Waals surface area (Å²) in [6, 6.07) is 0.303. The third-order valence-electron chi connectivity index (χ3n) is 4.95. The van der Waals surface area contributed by atoms with E-state index in [-0.39, 0.29) is 17.9 Å². The average molecular weight is 283 g/mol. The molecule has 0 radical (unpaired) electrons. The Morgan fingerprint density at radius 1 is 1.35 bits per heavy atom. The lowest BCUT2D eigenvalue weighted by Crippen LogP contribution is -2.54. The van der Waals surface area contributed by atoms with Crippen LogP contribution in [0.2, 0.25) is 0 Å². The Morgan fingerprint density at radius 2 is 1.95 bits per heavy atom. The number of carbonyl (C=O) groups is 1. The SMILES string of the molecule is CN1CCC(N(CCO)C(=O)C2(C)CCNCC2)CC1. The Labute approximate surface area is 122 Å². The van der Waals surface area contributed by atoms with Gasteiger partial charge >= 0.3 is 0 Å². The van der Waals surface area contributed by atoms with Gasteiger partial charge in [-0.1, -0.05) is 6.92 Å². The van der Waals surface area contributed by atoms with Gasteiger partial charge in [0.05, 0.1) is 6.61 Å². The molecule has 0 aromatic rings. The molecular weight excluding hydrogens is 254 g/mol. The molecule has 2 fully saturated rings. The van der Waals surface area contributed by atoms with Crippen LogP contribution in [0.5, 0.6) is 0 Å². The van der Waals surface area contributed by atoms with Crippen LogP contribution < -0.4 is 5.32 Å². The van der Waals surface area contributed by atoms with Gasteiger partial charge in [-0.25, -0.2) is 0 Å². The first-order valence-electron chi connectivity index (χ1n) is 7.88. The van der Waals surface area contributed by atoms with E-state index in [9.17, 15) is 9.90 Å². The number of likely N-dealkylation sites (tertiary alicyclic amines) is 1. The second-order valence-electron chi connectivity index (χ2n) is 6.57. The van der Waals surface area contributed by atoms with Gasteiger partial charge in [-0.15, -0.1) is 0 Å². The average Bonchev–Trinajstić information content (AvgIpc) is 2.46. The number of carbonyl (C=O) groups excluding carboxylic acids is 1. The molecule has 2 rings (SSSR count). The molecule has 5 heteroatoms. The minimum Gasteiger partial charge on any atom is -0.395 e. The number of aliphatic hydroxyl groups excluding tert-OH is 1. The summed E-state index contributed by atoms with van der Waals surface area (Å²) in [5.74, 6) is 0.252. The number of amides is 1. The fraction of sp³-hybridized carbons (Fsp3) is 0.933. The smallest absolute Gasteiger partial charge is 0.228 e. The van der Waals surface area contributed by atoms with Gasteiger partial charge in [0.2, 0.25) is 5.91 Å². The molecule has 116 valence electrons. The van der Waals surface area contributed by atoms with Gasteiger partial charge in [-0.2, -0.15) is 0 Å². The molecule has 2 saturated heterocycles. The summed E-state index contributed by atoms with van der Waals surface area (Å²) in [5, 5.41) is 12.7. The van der Waals surface area contributed by atoms with Gasteiger partial charge in [-0.3, -0.25) is 4.79 Å². The second kappa shape index (κ2) is 6.87. The Kier molecular flexibility index (Phi) is 5.41. The van der Waals surface area contributed by atoms with Crippen molar-refractivity contribution >= 4 is 5.91 Å². The highest BCUT2D eigenvalue weighted by atomic mass is 16.3. The number of rotatable bonds is 4. The van der Waals surface area contributed by atoms with Crippen molar-refractivity contribution in [3.63, 3.8) is 0 Å². The van der Waals surface area contributed by atoms with Gasteiger partial charge in [0, 0.05) is 18.0 Å². The summed E-state index contributed by atoms with van der Waals surface area (Å²) in [5.41, 5.74) is -0.246. The van der Waals surface area contributed by atoms with E-state index in [0.29, 0.717) is 12.6 Å². The molecule has 0 unspecified atom stereocenters. The summed E-state index contributed by atoms with van der Waals surface area (Å²) in [6.45, 7) is 6.56. The van der Waals surface area contributed by atoms with E-state index in [2.05, 4.69) is 24.2 Å². The maximum atomic E-state index is 13.0. The minimum atomic E-state index is -0.246. The summed E-state index contributed by atoms with van der Waals surface area (Å²) in [6.07, 6.45) is 3.86. The molecule has 2 aliphatic heterocycles. The summed E-state index contributed by atoms with van der Waals surface area (Å²) in [4.78, 5) is 17.2. The quantitative estimate of drug-likeness (QED) is 0.779. The highest BCUT2D eigenvalue weighted by molar-refractivity contribution is 5.82. The summed E-state index contributed by atoms with van der Waals surface area (Å²) in [7, 11) is 2.13. The maximum Gasteiger partial charge on any atom is 0.228 e. The fourth-order valence-electron chi connectivity index (χ4n) is 3.40. The number of aliphatic hydroxyl groups is 1. The number of nitrogens with one attached hydrogen (secondary N) is 1. The Morgan fingerprint density at radius 3 is 2.50 bits per heavy atom. The monoisotopic (exact) mass is 283 g/mol. The van der Waals surface area contributed by atoms with Crippen LogP contribution in [0.15, 0.2) is 0 Å². The molecular formula is C15H29N3O2. The van der Waals surface area contributed by atoms with Crippen LogP contribution in [0, 0.1) is 5.41 Å². The van der Waals surface area contributed by atoms with Crippen LogP contribution >= 0.6 is 0 Å². The van der Waals surface area contributed by atoms with E-state index in [1.54, 1.807) is 0 Å². The second-order valence-corrected chi connectivity index (χ2v) is 6.57. The van der Waals surface area contributed by atoms with Gasteiger partial charge in [0.1, 0.15) is 0 Å². The fourth-order valence-corrected chi connectivity index (χ4v) is 3.40. The zero-order valence-corrected chi connectivity index (χ0v) is 12.9. The lowest BCUT2D eigenvalue weighted by Gasteiger charge is -2.43. The number of piperidine rings is 2. The normalized spacial score (nSPS) is 24.6. The third kappa shape index (κ3) is 3.51. The molecule has 2 aliphatic rings. The zero-order valence-electron chi connectivity index (χ0n) is 12.9. The highest BCUT2D eigenvalue weighted by Crippen LogP contribution is 2.32. The Balaban J connectivity index is 2.05. The molecule has 0 spiro atoms. The standard InChI is InChI=1S/C15H29N3O2/c1-15(5-7-16-8-6-15)14(20)18(11-12-19)13-3-9-17(2)10-4-13/h13,16,19H,3-12H2,1-2H3. The van der Waals surface area contributed by atoms with E-state index in [1.165, 1.54) is 0 Å². The van der Waals surface area contributed by atoms with E-state index >= 15 is 0 Å². The predicted molar refractivity (Wildman–Crippen MR) is 79.5 cm³/mol. The lowest BCUT2D eigenvalue weighted by atomic mass is 9.79. The Bertz CT molecular complexity index is 321. The van der Waals surface area contributed by atoms with E-state index in [4.69, 9.17) is 0 Å². The molecule has 0 bridgehead atoms. The van der Waals surface area contributed by atoms with Gasteiger partial charge in [-0.05, 0) is 58.9 Å². The first-order chi connectivity index (χ1) is 9.57. The molecule has 1 amide bonds. The maximum absolute atomic E-state index is 13.0. The molecule has 2 N–H and O–H groups in total. The van der Waals surface area contributed by atoms with Crippen molar-refractivity contribution in [3.05, 3.63) is 0 Å². The van der Waals surface area contributed by atoms with Crippen LogP contribution in [-0.4, -0.2) is 73.2 Å².